The first kappa shape index (κ1) is 23.1. The molecule has 32 heavy (non-hydrogen) atoms. The number of morpholine rings is 1. The number of ether oxygens (including phenoxy) is 1. The van der Waals surface area contributed by atoms with Gasteiger partial charge in [-0.3, -0.25) is 14.6 Å². The van der Waals surface area contributed by atoms with Gasteiger partial charge in [0.25, 0.3) is 5.56 Å². The first-order valence-corrected chi connectivity index (χ1v) is 12.0. The van der Waals surface area contributed by atoms with E-state index in [9.17, 15) is 9.90 Å². The van der Waals surface area contributed by atoms with Crippen molar-refractivity contribution in [3.63, 3.8) is 0 Å². The molecule has 0 aliphatic carbocycles. The number of benzene rings is 1. The van der Waals surface area contributed by atoms with Crippen molar-refractivity contribution in [3.8, 4) is 11.1 Å². The number of hydrogen-bond donors (Lipinski definition) is 2. The Morgan fingerprint density at radius 1 is 1.25 bits per heavy atom. The summed E-state index contributed by atoms with van der Waals surface area (Å²) >= 11 is 1.50. The fourth-order valence-corrected chi connectivity index (χ4v) is 5.18. The Balaban J connectivity index is 1.56. The molecule has 3 heterocycles. The zero-order valence-corrected chi connectivity index (χ0v) is 19.9. The van der Waals surface area contributed by atoms with Crippen molar-refractivity contribution >= 4 is 21.6 Å². The van der Waals surface area contributed by atoms with Gasteiger partial charge < -0.3 is 14.8 Å². The highest BCUT2D eigenvalue weighted by molar-refractivity contribution is 7.17. The molecule has 0 radical (unpaired) electrons. The highest BCUT2D eigenvalue weighted by atomic mass is 32.1. The number of hydrogen-bond acceptors (Lipinski definition) is 7. The van der Waals surface area contributed by atoms with E-state index in [-0.39, 0.29) is 5.56 Å². The highest BCUT2D eigenvalue weighted by Gasteiger charge is 2.22. The number of thiophene rings is 1. The van der Waals surface area contributed by atoms with E-state index < -0.39 is 5.60 Å². The maximum Gasteiger partial charge on any atom is 0.260 e. The molecule has 4 rings (SSSR count). The van der Waals surface area contributed by atoms with Crippen LogP contribution >= 0.6 is 11.3 Å². The van der Waals surface area contributed by atoms with Crippen molar-refractivity contribution in [3.05, 3.63) is 51.4 Å². The number of aliphatic hydroxyl groups is 1. The Hall–Kier alpha value is -2.10. The maximum absolute atomic E-state index is 13.1. The molecular formula is C24H32N4O3S. The molecule has 2 N–H and O–H groups in total. The Labute approximate surface area is 192 Å². The highest BCUT2D eigenvalue weighted by Crippen LogP contribution is 2.32. The maximum atomic E-state index is 13.1. The van der Waals surface area contributed by atoms with Crippen molar-refractivity contribution < 1.29 is 9.84 Å². The lowest BCUT2D eigenvalue weighted by Crippen LogP contribution is -2.45. The molecule has 1 aliphatic rings. The van der Waals surface area contributed by atoms with E-state index in [1.54, 1.807) is 0 Å². The Bertz CT molecular complexity index is 1110. The van der Waals surface area contributed by atoms with E-state index in [0.29, 0.717) is 24.3 Å². The minimum Gasteiger partial charge on any atom is -0.389 e. The predicted molar refractivity (Wildman–Crippen MR) is 129 cm³/mol. The van der Waals surface area contributed by atoms with Crippen molar-refractivity contribution in [2.45, 2.75) is 32.9 Å². The summed E-state index contributed by atoms with van der Waals surface area (Å²) in [6.45, 7) is 11.7. The van der Waals surface area contributed by atoms with Crippen LogP contribution in [0.1, 0.15) is 25.2 Å². The first-order valence-electron chi connectivity index (χ1n) is 11.1. The standard InChI is InChI=1S/C24H32N4O3S/c1-17-6-4-5-7-18(17)19-15-32-23-21(19)22(29)25-20(26-23)14-28(16-24(2,3)30)9-8-27-10-12-31-13-11-27/h4-7,15,30H,8-14,16H2,1-3H3,(H,25,26,29). The van der Waals surface area contributed by atoms with Crippen molar-refractivity contribution in [1.29, 1.82) is 0 Å². The lowest BCUT2D eigenvalue weighted by atomic mass is 10.0. The molecule has 0 bridgehead atoms. The number of aromatic nitrogens is 2. The molecule has 0 spiro atoms. The first-order chi connectivity index (χ1) is 15.3. The lowest BCUT2D eigenvalue weighted by molar-refractivity contribution is 0.0134. The van der Waals surface area contributed by atoms with Gasteiger partial charge in [-0.1, -0.05) is 24.3 Å². The van der Waals surface area contributed by atoms with E-state index in [0.717, 1.165) is 60.9 Å². The average Bonchev–Trinajstić information content (AvgIpc) is 3.16. The van der Waals surface area contributed by atoms with Crippen LogP contribution in [0.5, 0.6) is 0 Å². The predicted octanol–water partition coefficient (Wildman–Crippen LogP) is 2.87. The monoisotopic (exact) mass is 456 g/mol. The summed E-state index contributed by atoms with van der Waals surface area (Å²) in [6.07, 6.45) is 0. The molecule has 1 aromatic carbocycles. The van der Waals surface area contributed by atoms with Crippen LogP contribution in [-0.4, -0.2) is 76.4 Å². The van der Waals surface area contributed by atoms with E-state index in [1.807, 2.05) is 37.4 Å². The molecular weight excluding hydrogens is 424 g/mol. The van der Waals surface area contributed by atoms with Crippen LogP contribution in [0.3, 0.4) is 0 Å². The Morgan fingerprint density at radius 3 is 2.72 bits per heavy atom. The van der Waals surface area contributed by atoms with Crippen molar-refractivity contribution in [2.24, 2.45) is 0 Å². The largest absolute Gasteiger partial charge is 0.389 e. The summed E-state index contributed by atoms with van der Waals surface area (Å²) in [7, 11) is 0. The van der Waals surface area contributed by atoms with Gasteiger partial charge in [0.2, 0.25) is 0 Å². The Morgan fingerprint density at radius 2 is 2.00 bits per heavy atom. The third-order valence-corrected chi connectivity index (χ3v) is 6.62. The molecule has 0 unspecified atom stereocenters. The lowest BCUT2D eigenvalue weighted by Gasteiger charge is -2.32. The van der Waals surface area contributed by atoms with Gasteiger partial charge in [-0.05, 0) is 31.9 Å². The molecule has 8 heteroatoms. The molecule has 0 atom stereocenters. The number of H-pyrrole nitrogens is 1. The van der Waals surface area contributed by atoms with Gasteiger partial charge in [-0.15, -0.1) is 11.3 Å². The van der Waals surface area contributed by atoms with E-state index in [2.05, 4.69) is 27.8 Å². The minimum absolute atomic E-state index is 0.110. The van der Waals surface area contributed by atoms with Crippen LogP contribution in [0.2, 0.25) is 0 Å². The molecule has 0 saturated carbocycles. The zero-order chi connectivity index (χ0) is 22.7. The number of aryl methyl sites for hydroxylation is 1. The third kappa shape index (κ3) is 5.63. The molecule has 2 aromatic heterocycles. The van der Waals surface area contributed by atoms with Crippen LogP contribution < -0.4 is 5.56 Å². The molecule has 172 valence electrons. The number of fused-ring (bicyclic) bond motifs is 1. The van der Waals surface area contributed by atoms with Gasteiger partial charge >= 0.3 is 0 Å². The summed E-state index contributed by atoms with van der Waals surface area (Å²) in [5.74, 6) is 0.631. The molecule has 3 aromatic rings. The van der Waals surface area contributed by atoms with Gasteiger partial charge in [-0.25, -0.2) is 4.98 Å². The average molecular weight is 457 g/mol. The molecule has 0 amide bonds. The van der Waals surface area contributed by atoms with Gasteiger partial charge in [-0.2, -0.15) is 0 Å². The second kappa shape index (κ2) is 9.80. The molecule has 1 aliphatic heterocycles. The van der Waals surface area contributed by atoms with E-state index >= 15 is 0 Å². The van der Waals surface area contributed by atoms with E-state index in [4.69, 9.17) is 9.72 Å². The summed E-state index contributed by atoms with van der Waals surface area (Å²) in [6, 6.07) is 8.09. The SMILES string of the molecule is Cc1ccccc1-c1csc2nc(CN(CCN3CCOCC3)CC(C)(C)O)[nH]c(=O)c12. The smallest absolute Gasteiger partial charge is 0.260 e. The second-order valence-electron chi connectivity index (χ2n) is 9.13. The summed E-state index contributed by atoms with van der Waals surface area (Å²) in [5.41, 5.74) is 2.18. The summed E-state index contributed by atoms with van der Waals surface area (Å²) in [5, 5.41) is 13.1. The normalized spacial score (nSPS) is 15.7. The fraction of sp³-hybridized carbons (Fsp3) is 0.500. The van der Waals surface area contributed by atoms with Crippen LogP contribution in [0.25, 0.3) is 21.3 Å². The quantitative estimate of drug-likeness (QED) is 0.543. The van der Waals surface area contributed by atoms with Crippen LogP contribution in [0.4, 0.5) is 0 Å². The summed E-state index contributed by atoms with van der Waals surface area (Å²) < 4.78 is 5.43. The van der Waals surface area contributed by atoms with Crippen LogP contribution in [-0.2, 0) is 11.3 Å². The molecule has 1 fully saturated rings. The zero-order valence-electron chi connectivity index (χ0n) is 19.1. The second-order valence-corrected chi connectivity index (χ2v) is 9.99. The third-order valence-electron chi connectivity index (χ3n) is 5.75. The molecule has 1 saturated heterocycles. The van der Waals surface area contributed by atoms with Gasteiger partial charge in [0.15, 0.2) is 0 Å². The van der Waals surface area contributed by atoms with Gasteiger partial charge in [0.1, 0.15) is 10.7 Å². The number of nitrogens with one attached hydrogen (secondary N) is 1. The van der Waals surface area contributed by atoms with Crippen molar-refractivity contribution in [1.82, 2.24) is 19.8 Å². The number of aromatic amines is 1. The number of rotatable bonds is 8. The topological polar surface area (TPSA) is 81.7 Å². The van der Waals surface area contributed by atoms with Crippen LogP contribution in [0.15, 0.2) is 34.4 Å². The van der Waals surface area contributed by atoms with E-state index in [1.165, 1.54) is 11.3 Å². The Kier molecular flexibility index (Phi) is 7.07. The fourth-order valence-electron chi connectivity index (χ4n) is 4.22. The summed E-state index contributed by atoms with van der Waals surface area (Å²) in [4.78, 5) is 26.1. The van der Waals surface area contributed by atoms with Gasteiger partial charge in [0.05, 0.1) is 30.7 Å². The van der Waals surface area contributed by atoms with Crippen molar-refractivity contribution in [2.75, 3.05) is 45.9 Å². The van der Waals surface area contributed by atoms with Gasteiger partial charge in [0, 0.05) is 43.7 Å². The molecule has 7 nitrogen and oxygen atoms in total. The van der Waals surface area contributed by atoms with Crippen LogP contribution in [0, 0.1) is 6.92 Å². The number of nitrogens with zero attached hydrogens (tertiary/aromatic N) is 3. The minimum atomic E-state index is -0.837.